The summed E-state index contributed by atoms with van der Waals surface area (Å²) in [7, 11) is -0.834. The van der Waals surface area contributed by atoms with E-state index in [0.29, 0.717) is 40.3 Å². The number of anilines is 2. The molecule has 2 aromatic rings. The molecule has 0 aliphatic carbocycles. The molecule has 2 amide bonds. The minimum Gasteiger partial charge on any atom is -0.497 e. The number of benzene rings is 2. The zero-order valence-electron chi connectivity index (χ0n) is 17.4. The van der Waals surface area contributed by atoms with Gasteiger partial charge in [0.2, 0.25) is 11.8 Å². The minimum absolute atomic E-state index is 0.0559. The summed E-state index contributed by atoms with van der Waals surface area (Å²) in [5.41, 5.74) is 1.63. The van der Waals surface area contributed by atoms with Gasteiger partial charge < -0.3 is 19.7 Å². The molecular weight excluding hydrogens is 488 g/mol. The van der Waals surface area contributed by atoms with Gasteiger partial charge in [0.15, 0.2) is 9.84 Å². The van der Waals surface area contributed by atoms with Crippen LogP contribution in [0.5, 0.6) is 11.5 Å². The molecule has 8 nitrogen and oxygen atoms in total. The molecule has 2 aromatic carbocycles. The first kappa shape index (κ1) is 23.1. The largest absolute Gasteiger partial charge is 0.497 e. The van der Waals surface area contributed by atoms with Gasteiger partial charge in [-0.3, -0.25) is 9.59 Å². The van der Waals surface area contributed by atoms with Gasteiger partial charge in [-0.05, 0) is 24.1 Å². The number of carbonyl (C=O) groups is 2. The van der Waals surface area contributed by atoms with Gasteiger partial charge in [0.1, 0.15) is 11.5 Å². The molecule has 1 aliphatic rings. The van der Waals surface area contributed by atoms with Crippen molar-refractivity contribution >= 4 is 49.0 Å². The van der Waals surface area contributed by atoms with Crippen molar-refractivity contribution in [2.24, 2.45) is 0 Å². The zero-order valence-corrected chi connectivity index (χ0v) is 19.8. The number of fused-ring (bicyclic) bond motifs is 1. The Balaban J connectivity index is 1.79. The average molecular weight is 511 g/mol. The van der Waals surface area contributed by atoms with Crippen LogP contribution in [-0.4, -0.2) is 46.7 Å². The molecule has 0 bridgehead atoms. The SMILES string of the molecule is COc1cc(NC(=O)CCS(=O)(=O)c2cc(Br)cc3c2N(C(C)=O)CC3)cc(OC)c1. The summed E-state index contributed by atoms with van der Waals surface area (Å²) in [5.74, 6) is -0.0852. The third-order valence-electron chi connectivity index (χ3n) is 4.94. The fourth-order valence-corrected chi connectivity index (χ4v) is 5.63. The lowest BCUT2D eigenvalue weighted by molar-refractivity contribution is -0.117. The van der Waals surface area contributed by atoms with Gasteiger partial charge in [0.25, 0.3) is 0 Å². The number of sulfone groups is 1. The van der Waals surface area contributed by atoms with Crippen LogP contribution in [-0.2, 0) is 25.8 Å². The van der Waals surface area contributed by atoms with Gasteiger partial charge in [-0.1, -0.05) is 15.9 Å². The molecule has 0 atom stereocenters. The molecule has 1 heterocycles. The van der Waals surface area contributed by atoms with Gasteiger partial charge in [-0.2, -0.15) is 0 Å². The number of halogens is 1. The summed E-state index contributed by atoms with van der Waals surface area (Å²) in [5, 5.41) is 2.67. The van der Waals surface area contributed by atoms with Gasteiger partial charge in [0.05, 0.1) is 30.6 Å². The maximum atomic E-state index is 13.1. The van der Waals surface area contributed by atoms with Gasteiger partial charge in [-0.15, -0.1) is 0 Å². The van der Waals surface area contributed by atoms with Crippen molar-refractivity contribution in [3.05, 3.63) is 40.4 Å². The van der Waals surface area contributed by atoms with Crippen LogP contribution in [0, 0.1) is 0 Å². The van der Waals surface area contributed by atoms with E-state index >= 15 is 0 Å². The summed E-state index contributed by atoms with van der Waals surface area (Å²) in [6, 6.07) is 8.19. The topological polar surface area (TPSA) is 102 Å². The molecule has 0 spiro atoms. The highest BCUT2D eigenvalue weighted by Gasteiger charge is 2.31. The summed E-state index contributed by atoms with van der Waals surface area (Å²) in [6.45, 7) is 1.84. The number of amides is 2. The predicted molar refractivity (Wildman–Crippen MR) is 121 cm³/mol. The molecule has 0 unspecified atom stereocenters. The Morgan fingerprint density at radius 2 is 1.74 bits per heavy atom. The van der Waals surface area contributed by atoms with Crippen LogP contribution in [0.25, 0.3) is 0 Å². The minimum atomic E-state index is -3.82. The second kappa shape index (κ2) is 9.27. The maximum absolute atomic E-state index is 13.1. The van der Waals surface area contributed by atoms with Crippen LogP contribution in [0.15, 0.2) is 39.7 Å². The van der Waals surface area contributed by atoms with E-state index in [4.69, 9.17) is 9.47 Å². The highest BCUT2D eigenvalue weighted by Crippen LogP contribution is 2.38. The van der Waals surface area contributed by atoms with E-state index in [-0.39, 0.29) is 17.2 Å². The lowest BCUT2D eigenvalue weighted by Gasteiger charge is -2.19. The monoisotopic (exact) mass is 510 g/mol. The molecule has 1 aliphatic heterocycles. The van der Waals surface area contributed by atoms with Gasteiger partial charge >= 0.3 is 0 Å². The smallest absolute Gasteiger partial charge is 0.225 e. The Kier molecular flexibility index (Phi) is 6.90. The molecule has 0 aromatic heterocycles. The van der Waals surface area contributed by atoms with Crippen molar-refractivity contribution in [2.75, 3.05) is 36.7 Å². The molecular formula is C21H23BrN2O6S. The van der Waals surface area contributed by atoms with E-state index in [2.05, 4.69) is 21.2 Å². The number of ether oxygens (including phenoxy) is 2. The first-order valence-electron chi connectivity index (χ1n) is 9.51. The Morgan fingerprint density at radius 3 is 2.32 bits per heavy atom. The van der Waals surface area contributed by atoms with Gasteiger partial charge in [0, 0.05) is 48.2 Å². The number of methoxy groups -OCH3 is 2. The molecule has 31 heavy (non-hydrogen) atoms. The molecule has 0 fully saturated rings. The lowest BCUT2D eigenvalue weighted by atomic mass is 10.2. The maximum Gasteiger partial charge on any atom is 0.225 e. The average Bonchev–Trinajstić information content (AvgIpc) is 3.15. The Hall–Kier alpha value is -2.59. The highest BCUT2D eigenvalue weighted by atomic mass is 79.9. The number of nitrogens with one attached hydrogen (secondary N) is 1. The third kappa shape index (κ3) is 5.19. The van der Waals surface area contributed by atoms with E-state index in [1.54, 1.807) is 18.2 Å². The number of hydrogen-bond donors (Lipinski definition) is 1. The Morgan fingerprint density at radius 1 is 1.10 bits per heavy atom. The van der Waals surface area contributed by atoms with Crippen LogP contribution < -0.4 is 19.7 Å². The van der Waals surface area contributed by atoms with Crippen LogP contribution in [0.3, 0.4) is 0 Å². The van der Waals surface area contributed by atoms with E-state index < -0.39 is 21.5 Å². The van der Waals surface area contributed by atoms with E-state index in [9.17, 15) is 18.0 Å². The fraction of sp³-hybridized carbons (Fsp3) is 0.333. The van der Waals surface area contributed by atoms with Crippen LogP contribution >= 0.6 is 15.9 Å². The first-order chi connectivity index (χ1) is 14.6. The summed E-state index contributed by atoms with van der Waals surface area (Å²) < 4.78 is 37.1. The molecule has 0 saturated heterocycles. The standard InChI is InChI=1S/C21H23BrN2O6S/c1-13(25)24-6-4-14-8-15(22)9-19(21(14)24)31(27,28)7-5-20(26)23-16-10-17(29-2)12-18(11-16)30-3/h8-12H,4-7H2,1-3H3,(H,23,26). The third-order valence-corrected chi connectivity index (χ3v) is 7.12. The lowest BCUT2D eigenvalue weighted by Crippen LogP contribution is -2.27. The number of nitrogens with zero attached hydrogens (tertiary/aromatic N) is 1. The first-order valence-corrected chi connectivity index (χ1v) is 12.0. The van der Waals surface area contributed by atoms with Crippen molar-refractivity contribution in [2.45, 2.75) is 24.7 Å². The Bertz CT molecular complexity index is 1110. The number of rotatable bonds is 7. The molecule has 0 radical (unpaired) electrons. The van der Waals surface area contributed by atoms with E-state index in [1.165, 1.54) is 32.1 Å². The van der Waals surface area contributed by atoms with Crippen molar-refractivity contribution in [3.8, 4) is 11.5 Å². The predicted octanol–water partition coefficient (Wildman–Crippen LogP) is 3.18. The zero-order chi connectivity index (χ0) is 22.8. The summed E-state index contributed by atoms with van der Waals surface area (Å²) >= 11 is 3.35. The molecule has 10 heteroatoms. The van der Waals surface area contributed by atoms with Crippen molar-refractivity contribution in [3.63, 3.8) is 0 Å². The van der Waals surface area contributed by atoms with Crippen molar-refractivity contribution < 1.29 is 27.5 Å². The Labute approximate surface area is 189 Å². The number of hydrogen-bond acceptors (Lipinski definition) is 6. The number of carbonyl (C=O) groups excluding carboxylic acids is 2. The van der Waals surface area contributed by atoms with Gasteiger partial charge in [-0.25, -0.2) is 8.42 Å². The van der Waals surface area contributed by atoms with Crippen LogP contribution in [0.4, 0.5) is 11.4 Å². The molecule has 1 N–H and O–H groups in total. The normalized spacial score (nSPS) is 13.0. The van der Waals surface area contributed by atoms with Crippen molar-refractivity contribution in [1.82, 2.24) is 0 Å². The highest BCUT2D eigenvalue weighted by molar-refractivity contribution is 9.10. The second-order valence-electron chi connectivity index (χ2n) is 7.05. The molecule has 166 valence electrons. The fourth-order valence-electron chi connectivity index (χ4n) is 3.46. The summed E-state index contributed by atoms with van der Waals surface area (Å²) in [6.07, 6.45) is 0.332. The molecule has 0 saturated carbocycles. The quantitative estimate of drug-likeness (QED) is 0.613. The van der Waals surface area contributed by atoms with E-state index in [1.807, 2.05) is 6.07 Å². The summed E-state index contributed by atoms with van der Waals surface area (Å²) in [4.78, 5) is 25.9. The van der Waals surface area contributed by atoms with Crippen LogP contribution in [0.1, 0.15) is 18.9 Å². The molecule has 3 rings (SSSR count). The second-order valence-corrected chi connectivity index (χ2v) is 10.0. The van der Waals surface area contributed by atoms with Crippen LogP contribution in [0.2, 0.25) is 0 Å². The van der Waals surface area contributed by atoms with E-state index in [0.717, 1.165) is 5.56 Å². The van der Waals surface area contributed by atoms with Crippen molar-refractivity contribution in [1.29, 1.82) is 0 Å².